The van der Waals surface area contributed by atoms with E-state index in [4.69, 9.17) is 16.5 Å². The molecule has 2 aliphatic carbocycles. The van der Waals surface area contributed by atoms with Crippen molar-refractivity contribution in [1.82, 2.24) is 19.7 Å². The van der Waals surface area contributed by atoms with E-state index in [1.54, 1.807) is 0 Å². The standard InChI is InChI=1S/C19H28N6/c1-18(20)6-8-19(21,9-7-18)17-22-10-5-15(24-17)14-12-23-25(2)16(14)11-13-3-4-13/h5,10,12-13H,3-4,6-9,11,20-21H2,1-2H3. The third kappa shape index (κ3) is 3.33. The lowest BCUT2D eigenvalue weighted by Gasteiger charge is -2.40. The number of hydrogen-bond acceptors (Lipinski definition) is 5. The molecule has 0 saturated heterocycles. The first-order valence-electron chi connectivity index (χ1n) is 9.29. The Morgan fingerprint density at radius 2 is 1.92 bits per heavy atom. The van der Waals surface area contributed by atoms with Crippen molar-refractivity contribution < 1.29 is 0 Å². The zero-order chi connectivity index (χ0) is 17.7. The predicted molar refractivity (Wildman–Crippen MR) is 97.6 cm³/mol. The molecule has 25 heavy (non-hydrogen) atoms. The number of nitrogens with zero attached hydrogens (tertiary/aromatic N) is 4. The van der Waals surface area contributed by atoms with E-state index in [-0.39, 0.29) is 5.54 Å². The molecular formula is C19H28N6. The van der Waals surface area contributed by atoms with Crippen LogP contribution in [0.3, 0.4) is 0 Å². The third-order valence-corrected chi connectivity index (χ3v) is 5.90. The Hall–Kier alpha value is -1.79. The molecule has 2 saturated carbocycles. The van der Waals surface area contributed by atoms with Crippen LogP contribution in [0.25, 0.3) is 11.3 Å². The van der Waals surface area contributed by atoms with Crippen molar-refractivity contribution in [1.29, 1.82) is 0 Å². The summed E-state index contributed by atoms with van der Waals surface area (Å²) in [6.07, 6.45) is 10.9. The lowest BCUT2D eigenvalue weighted by molar-refractivity contribution is 0.208. The first-order chi connectivity index (χ1) is 11.9. The van der Waals surface area contributed by atoms with Gasteiger partial charge in [0.25, 0.3) is 0 Å². The van der Waals surface area contributed by atoms with Crippen LogP contribution in [-0.2, 0) is 19.0 Å². The molecule has 6 nitrogen and oxygen atoms in total. The van der Waals surface area contributed by atoms with Gasteiger partial charge < -0.3 is 11.5 Å². The van der Waals surface area contributed by atoms with Gasteiger partial charge in [0.15, 0.2) is 0 Å². The highest BCUT2D eigenvalue weighted by Gasteiger charge is 2.39. The van der Waals surface area contributed by atoms with Crippen molar-refractivity contribution in [2.45, 2.75) is 62.9 Å². The van der Waals surface area contributed by atoms with Gasteiger partial charge in [-0.05, 0) is 63.9 Å². The summed E-state index contributed by atoms with van der Waals surface area (Å²) >= 11 is 0. The molecule has 0 aromatic carbocycles. The molecule has 2 aromatic rings. The summed E-state index contributed by atoms with van der Waals surface area (Å²) in [5.41, 5.74) is 15.6. The molecule has 2 aliphatic rings. The molecular weight excluding hydrogens is 312 g/mol. The van der Waals surface area contributed by atoms with Gasteiger partial charge in [0.05, 0.1) is 17.4 Å². The molecule has 0 atom stereocenters. The van der Waals surface area contributed by atoms with Gasteiger partial charge in [-0.2, -0.15) is 5.10 Å². The normalized spacial score (nSPS) is 29.8. The van der Waals surface area contributed by atoms with Crippen molar-refractivity contribution >= 4 is 0 Å². The van der Waals surface area contributed by atoms with Crippen molar-refractivity contribution in [3.05, 3.63) is 30.0 Å². The van der Waals surface area contributed by atoms with E-state index in [0.717, 1.165) is 55.1 Å². The van der Waals surface area contributed by atoms with Crippen molar-refractivity contribution in [3.8, 4) is 11.3 Å². The maximum atomic E-state index is 6.68. The van der Waals surface area contributed by atoms with E-state index in [1.807, 2.05) is 30.2 Å². The van der Waals surface area contributed by atoms with Gasteiger partial charge in [-0.25, -0.2) is 9.97 Å². The summed E-state index contributed by atoms with van der Waals surface area (Å²) in [4.78, 5) is 9.37. The zero-order valence-electron chi connectivity index (χ0n) is 15.2. The SMILES string of the molecule is Cn1ncc(-c2ccnc(C3(N)CCC(C)(N)CC3)n2)c1CC1CC1. The fourth-order valence-corrected chi connectivity index (χ4v) is 3.75. The van der Waals surface area contributed by atoms with Gasteiger partial charge in [-0.15, -0.1) is 0 Å². The van der Waals surface area contributed by atoms with E-state index in [1.165, 1.54) is 18.5 Å². The Morgan fingerprint density at radius 3 is 2.60 bits per heavy atom. The zero-order valence-corrected chi connectivity index (χ0v) is 15.2. The highest BCUT2D eigenvalue weighted by atomic mass is 15.3. The molecule has 4 N–H and O–H groups in total. The molecule has 0 bridgehead atoms. The van der Waals surface area contributed by atoms with Crippen molar-refractivity contribution in [2.75, 3.05) is 0 Å². The number of hydrogen-bond donors (Lipinski definition) is 2. The maximum Gasteiger partial charge on any atom is 0.148 e. The van der Waals surface area contributed by atoms with Crippen LogP contribution in [0.5, 0.6) is 0 Å². The third-order valence-electron chi connectivity index (χ3n) is 5.90. The largest absolute Gasteiger partial charge is 0.325 e. The van der Waals surface area contributed by atoms with Crippen LogP contribution in [0, 0.1) is 5.92 Å². The second kappa shape index (κ2) is 5.88. The summed E-state index contributed by atoms with van der Waals surface area (Å²) in [6, 6.07) is 1.97. The highest BCUT2D eigenvalue weighted by molar-refractivity contribution is 5.61. The molecule has 2 heterocycles. The van der Waals surface area contributed by atoms with Gasteiger partial charge in [0, 0.05) is 30.0 Å². The van der Waals surface area contributed by atoms with Gasteiger partial charge >= 0.3 is 0 Å². The second-order valence-corrected chi connectivity index (χ2v) is 8.35. The first-order valence-corrected chi connectivity index (χ1v) is 9.29. The Kier molecular flexibility index (Phi) is 3.92. The van der Waals surface area contributed by atoms with Crippen LogP contribution in [0.2, 0.25) is 0 Å². The van der Waals surface area contributed by atoms with Gasteiger partial charge in [0.2, 0.25) is 0 Å². The minimum absolute atomic E-state index is 0.124. The van der Waals surface area contributed by atoms with Crippen LogP contribution < -0.4 is 11.5 Å². The molecule has 134 valence electrons. The molecule has 6 heteroatoms. The van der Waals surface area contributed by atoms with E-state index >= 15 is 0 Å². The molecule has 0 spiro atoms. The molecule has 0 unspecified atom stereocenters. The summed E-state index contributed by atoms with van der Waals surface area (Å²) < 4.78 is 1.98. The van der Waals surface area contributed by atoms with Crippen LogP contribution in [0.15, 0.2) is 18.5 Å². The average molecular weight is 340 g/mol. The van der Waals surface area contributed by atoms with Crippen LogP contribution >= 0.6 is 0 Å². The molecule has 0 radical (unpaired) electrons. The summed E-state index contributed by atoms with van der Waals surface area (Å²) in [7, 11) is 2.01. The lowest BCUT2D eigenvalue weighted by atomic mass is 9.73. The van der Waals surface area contributed by atoms with Crippen LogP contribution in [0.4, 0.5) is 0 Å². The Morgan fingerprint density at radius 1 is 1.20 bits per heavy atom. The van der Waals surface area contributed by atoms with Crippen LogP contribution in [0.1, 0.15) is 57.0 Å². The van der Waals surface area contributed by atoms with E-state index < -0.39 is 5.54 Å². The van der Waals surface area contributed by atoms with Gasteiger partial charge in [-0.3, -0.25) is 4.68 Å². The number of nitrogens with two attached hydrogens (primary N) is 2. The fraction of sp³-hybridized carbons (Fsp3) is 0.632. The van der Waals surface area contributed by atoms with E-state index in [2.05, 4.69) is 17.0 Å². The van der Waals surface area contributed by atoms with E-state index in [0.29, 0.717) is 0 Å². The average Bonchev–Trinajstić information content (AvgIpc) is 3.34. The molecule has 4 rings (SSSR count). The summed E-state index contributed by atoms with van der Waals surface area (Å²) in [5, 5.41) is 4.46. The van der Waals surface area contributed by atoms with E-state index in [9.17, 15) is 0 Å². The maximum absolute atomic E-state index is 6.68. The number of aryl methyl sites for hydroxylation is 1. The molecule has 2 aromatic heterocycles. The quantitative estimate of drug-likeness (QED) is 0.890. The van der Waals surface area contributed by atoms with Crippen molar-refractivity contribution in [2.24, 2.45) is 24.4 Å². The fourth-order valence-electron chi connectivity index (χ4n) is 3.75. The van der Waals surface area contributed by atoms with Gasteiger partial charge in [0.1, 0.15) is 5.82 Å². The minimum Gasteiger partial charge on any atom is -0.325 e. The van der Waals surface area contributed by atoms with Crippen molar-refractivity contribution in [3.63, 3.8) is 0 Å². The molecule has 2 fully saturated rings. The minimum atomic E-state index is -0.478. The molecule has 0 amide bonds. The summed E-state index contributed by atoms with van der Waals surface area (Å²) in [5.74, 6) is 1.54. The lowest BCUT2D eigenvalue weighted by Crippen LogP contribution is -2.50. The second-order valence-electron chi connectivity index (χ2n) is 8.35. The van der Waals surface area contributed by atoms with Crippen LogP contribution in [-0.4, -0.2) is 25.3 Å². The predicted octanol–water partition coefficient (Wildman–Crippen LogP) is 2.28. The highest BCUT2D eigenvalue weighted by Crippen LogP contribution is 2.38. The smallest absolute Gasteiger partial charge is 0.148 e. The summed E-state index contributed by atoms with van der Waals surface area (Å²) in [6.45, 7) is 2.10. The topological polar surface area (TPSA) is 95.6 Å². The van der Waals surface area contributed by atoms with Gasteiger partial charge in [-0.1, -0.05) is 0 Å². The molecule has 0 aliphatic heterocycles. The Balaban J connectivity index is 1.64. The monoisotopic (exact) mass is 340 g/mol. The number of rotatable bonds is 4. The first kappa shape index (κ1) is 16.7. The number of aromatic nitrogens is 4. The Bertz CT molecular complexity index is 764. The Labute approximate surface area is 149 Å².